The number of carbonyl (C=O) groups is 2. The fourth-order valence-corrected chi connectivity index (χ4v) is 2.84. The van der Waals surface area contributed by atoms with Crippen molar-refractivity contribution in [3.8, 4) is 0 Å². The van der Waals surface area contributed by atoms with Gasteiger partial charge in [-0.15, -0.1) is 0 Å². The summed E-state index contributed by atoms with van der Waals surface area (Å²) in [5, 5.41) is 8.31. The molecule has 27 heavy (non-hydrogen) atoms. The predicted octanol–water partition coefficient (Wildman–Crippen LogP) is 1.23. The zero-order valence-corrected chi connectivity index (χ0v) is 14.8. The highest BCUT2D eigenvalue weighted by atomic mass is 19.1. The maximum absolute atomic E-state index is 14.6. The summed E-state index contributed by atoms with van der Waals surface area (Å²) in [5.74, 6) is -0.700. The number of carbonyl (C=O) groups excluding carboxylic acids is 2. The second-order valence-electron chi connectivity index (χ2n) is 6.14. The molecule has 10 heteroatoms. The minimum absolute atomic E-state index is 0.169. The van der Waals surface area contributed by atoms with E-state index in [4.69, 9.17) is 11.3 Å². The fraction of sp³-hybridized carbons (Fsp3) is 0.412. The van der Waals surface area contributed by atoms with Crippen molar-refractivity contribution in [3.63, 3.8) is 0 Å². The normalized spacial score (nSPS) is 19.1. The van der Waals surface area contributed by atoms with Gasteiger partial charge in [-0.3, -0.25) is 14.5 Å². The average molecular weight is 374 g/mol. The van der Waals surface area contributed by atoms with E-state index in [1.54, 1.807) is 22.0 Å². The molecule has 1 saturated heterocycles. The Kier molecular flexibility index (Phi) is 5.40. The molecule has 0 radical (unpaired) electrons. The van der Waals surface area contributed by atoms with Crippen LogP contribution in [0.25, 0.3) is 4.85 Å². The molecule has 1 aromatic rings. The van der Waals surface area contributed by atoms with Gasteiger partial charge in [-0.2, -0.15) is 5.10 Å². The van der Waals surface area contributed by atoms with Gasteiger partial charge < -0.3 is 15.0 Å². The number of amides is 2. The lowest BCUT2D eigenvalue weighted by Gasteiger charge is -2.27. The smallest absolute Gasteiger partial charge is 0.414 e. The molecule has 2 heterocycles. The van der Waals surface area contributed by atoms with Gasteiger partial charge in [0.25, 0.3) is 0 Å². The Morgan fingerprint density at radius 1 is 1.48 bits per heavy atom. The highest BCUT2D eigenvalue weighted by molar-refractivity contribution is 5.90. The van der Waals surface area contributed by atoms with E-state index in [1.165, 1.54) is 24.2 Å². The fourth-order valence-electron chi connectivity index (χ4n) is 2.84. The molecule has 1 atom stereocenters. The third kappa shape index (κ3) is 4.25. The molecule has 0 aromatic heterocycles. The van der Waals surface area contributed by atoms with Crippen LogP contribution in [-0.2, 0) is 9.53 Å². The van der Waals surface area contributed by atoms with Gasteiger partial charge in [0.1, 0.15) is 18.3 Å². The molecule has 2 aliphatic rings. The highest BCUT2D eigenvalue weighted by Crippen LogP contribution is 2.28. The maximum Gasteiger partial charge on any atom is 0.414 e. The number of nitrogens with zero attached hydrogens (tertiary/aromatic N) is 5. The van der Waals surface area contributed by atoms with Crippen molar-refractivity contribution in [1.29, 1.82) is 0 Å². The third-order valence-electron chi connectivity index (χ3n) is 4.19. The van der Waals surface area contributed by atoms with E-state index in [-0.39, 0.29) is 25.7 Å². The van der Waals surface area contributed by atoms with Gasteiger partial charge in [-0.05, 0) is 18.2 Å². The summed E-state index contributed by atoms with van der Waals surface area (Å²) in [5.41, 5.74) is 0.725. The number of nitrogens with one attached hydrogen (secondary N) is 1. The molecule has 2 aliphatic heterocycles. The summed E-state index contributed by atoms with van der Waals surface area (Å²) in [7, 11) is 0. The average Bonchev–Trinajstić information content (AvgIpc) is 3.02. The standard InChI is InChI=1S/C17H19FN6O3/c1-12(25)20-8-14-9-24(17(26)27-14)13-3-4-16(15(18)7-13)22-5-6-23(10-19-2)21-11-22/h3-4,7,11,14H,5-6,8-10H2,1H3,(H,20,25)/t14-/m0/s1. The summed E-state index contributed by atoms with van der Waals surface area (Å²) >= 11 is 0. The Labute approximate surface area is 155 Å². The summed E-state index contributed by atoms with van der Waals surface area (Å²) in [6, 6.07) is 4.49. The molecule has 9 nitrogen and oxygen atoms in total. The molecule has 1 N–H and O–H groups in total. The number of halogens is 1. The van der Waals surface area contributed by atoms with Crippen molar-refractivity contribution in [2.75, 3.05) is 42.6 Å². The lowest BCUT2D eigenvalue weighted by atomic mass is 10.2. The molecule has 0 unspecified atom stereocenters. The molecular weight excluding hydrogens is 355 g/mol. The van der Waals surface area contributed by atoms with Crippen LogP contribution in [0.5, 0.6) is 0 Å². The quantitative estimate of drug-likeness (QED) is 0.784. The van der Waals surface area contributed by atoms with Crippen LogP contribution < -0.4 is 15.1 Å². The number of cyclic esters (lactones) is 1. The van der Waals surface area contributed by atoms with Gasteiger partial charge in [-0.25, -0.2) is 20.8 Å². The van der Waals surface area contributed by atoms with E-state index in [0.717, 1.165) is 0 Å². The maximum atomic E-state index is 14.6. The van der Waals surface area contributed by atoms with Gasteiger partial charge in [0.15, 0.2) is 0 Å². The van der Waals surface area contributed by atoms with Crippen LogP contribution in [0.1, 0.15) is 6.92 Å². The minimum Gasteiger partial charge on any atom is -0.442 e. The van der Waals surface area contributed by atoms with E-state index in [0.29, 0.717) is 24.5 Å². The number of hydrazone groups is 1. The van der Waals surface area contributed by atoms with Gasteiger partial charge in [0, 0.05) is 13.5 Å². The molecule has 1 aromatic carbocycles. The molecule has 1 fully saturated rings. The zero-order valence-electron chi connectivity index (χ0n) is 14.8. The molecular formula is C17H19FN6O3. The summed E-state index contributed by atoms with van der Waals surface area (Å²) in [4.78, 5) is 29.3. The van der Waals surface area contributed by atoms with E-state index in [9.17, 15) is 14.0 Å². The number of hydrogen-bond donors (Lipinski definition) is 1. The molecule has 0 spiro atoms. The number of benzene rings is 1. The Morgan fingerprint density at radius 3 is 2.93 bits per heavy atom. The van der Waals surface area contributed by atoms with Crippen LogP contribution in [0.15, 0.2) is 23.3 Å². The Morgan fingerprint density at radius 2 is 2.30 bits per heavy atom. The van der Waals surface area contributed by atoms with Crippen LogP contribution >= 0.6 is 0 Å². The SMILES string of the molecule is [C-]#[N+]CN1CCN(c2ccc(N3C[C@H](CNC(C)=O)OC3=O)cc2F)C=N1. The second-order valence-corrected chi connectivity index (χ2v) is 6.14. The van der Waals surface area contributed by atoms with Crippen molar-refractivity contribution >= 4 is 29.7 Å². The van der Waals surface area contributed by atoms with Crippen molar-refractivity contribution in [2.24, 2.45) is 5.10 Å². The van der Waals surface area contributed by atoms with Crippen LogP contribution in [0, 0.1) is 12.4 Å². The zero-order chi connectivity index (χ0) is 19.4. The first-order valence-electron chi connectivity index (χ1n) is 8.39. The van der Waals surface area contributed by atoms with Crippen LogP contribution in [-0.4, -0.2) is 62.3 Å². The summed E-state index contributed by atoms with van der Waals surface area (Å²) in [6.07, 6.45) is 0.430. The Balaban J connectivity index is 1.68. The first kappa shape index (κ1) is 18.4. The van der Waals surface area contributed by atoms with Gasteiger partial charge in [-0.1, -0.05) is 0 Å². The first-order valence-corrected chi connectivity index (χ1v) is 8.39. The molecule has 0 aliphatic carbocycles. The van der Waals surface area contributed by atoms with Gasteiger partial charge in [0.2, 0.25) is 5.91 Å². The van der Waals surface area contributed by atoms with Gasteiger partial charge >= 0.3 is 12.8 Å². The number of anilines is 2. The van der Waals surface area contributed by atoms with Crippen LogP contribution in [0.4, 0.5) is 20.6 Å². The van der Waals surface area contributed by atoms with Gasteiger partial charge in [0.05, 0.1) is 31.0 Å². The molecule has 0 saturated carbocycles. The first-order chi connectivity index (χ1) is 13.0. The van der Waals surface area contributed by atoms with Crippen molar-refractivity contribution in [2.45, 2.75) is 13.0 Å². The summed E-state index contributed by atoms with van der Waals surface area (Å²) < 4.78 is 19.8. The predicted molar refractivity (Wildman–Crippen MR) is 96.7 cm³/mol. The lowest BCUT2D eigenvalue weighted by Crippen LogP contribution is -2.38. The number of ether oxygens (including phenoxy) is 1. The van der Waals surface area contributed by atoms with E-state index in [1.807, 2.05) is 0 Å². The molecule has 142 valence electrons. The number of rotatable bonds is 5. The largest absolute Gasteiger partial charge is 0.442 e. The Bertz CT molecular complexity index is 808. The van der Waals surface area contributed by atoms with Crippen molar-refractivity contribution in [3.05, 3.63) is 35.4 Å². The third-order valence-corrected chi connectivity index (χ3v) is 4.19. The Hall–Kier alpha value is -3.35. The van der Waals surface area contributed by atoms with E-state index in [2.05, 4.69) is 15.3 Å². The van der Waals surface area contributed by atoms with E-state index >= 15 is 0 Å². The van der Waals surface area contributed by atoms with Crippen molar-refractivity contribution < 1.29 is 18.7 Å². The summed E-state index contributed by atoms with van der Waals surface area (Å²) in [6.45, 7) is 9.85. The minimum atomic E-state index is -0.577. The molecule has 2 amide bonds. The number of hydrogen-bond acceptors (Lipinski definition) is 6. The molecule has 3 rings (SSSR count). The van der Waals surface area contributed by atoms with E-state index < -0.39 is 18.0 Å². The second kappa shape index (κ2) is 7.90. The van der Waals surface area contributed by atoms with Crippen LogP contribution in [0.2, 0.25) is 0 Å². The monoisotopic (exact) mass is 374 g/mol. The van der Waals surface area contributed by atoms with Crippen molar-refractivity contribution in [1.82, 2.24) is 10.3 Å². The highest BCUT2D eigenvalue weighted by Gasteiger charge is 2.33. The molecule has 0 bridgehead atoms. The van der Waals surface area contributed by atoms with Crippen LogP contribution in [0.3, 0.4) is 0 Å². The lowest BCUT2D eigenvalue weighted by molar-refractivity contribution is -0.119. The topological polar surface area (TPSA) is 81.8 Å².